The van der Waals surface area contributed by atoms with Crippen molar-refractivity contribution in [2.24, 2.45) is 5.92 Å². The van der Waals surface area contributed by atoms with Crippen LogP contribution in [-0.2, 0) is 12.2 Å². The molecule has 1 aromatic rings. The summed E-state index contributed by atoms with van der Waals surface area (Å²) in [5, 5.41) is 8.98. The van der Waals surface area contributed by atoms with Gasteiger partial charge in [-0.1, -0.05) is 39.2 Å². The van der Waals surface area contributed by atoms with Crippen molar-refractivity contribution in [3.05, 3.63) is 29.3 Å². The van der Waals surface area contributed by atoms with Gasteiger partial charge in [-0.3, -0.25) is 10.7 Å². The molecule has 2 N–H and O–H groups in total. The largest absolute Gasteiger partial charge is 0.291 e. The highest BCUT2D eigenvalue weighted by molar-refractivity contribution is 7.79. The van der Waals surface area contributed by atoms with E-state index in [1.165, 1.54) is 24.8 Å². The monoisotopic (exact) mass is 253 g/mol. The average molecular weight is 253 g/mol. The van der Waals surface area contributed by atoms with E-state index in [1.54, 1.807) is 0 Å². The zero-order chi connectivity index (χ0) is 12.7. The number of benzene rings is 1. The number of hydrogen-bond donors (Lipinski definition) is 3. The number of thiol groups is 1. The molecular weight excluding hydrogens is 230 g/mol. The minimum Gasteiger partial charge on any atom is -0.291 e. The second kappa shape index (κ2) is 7.62. The van der Waals surface area contributed by atoms with Gasteiger partial charge in [-0.25, -0.2) is 0 Å². The lowest BCUT2D eigenvalue weighted by atomic mass is 9.95. The van der Waals surface area contributed by atoms with Gasteiger partial charge < -0.3 is 0 Å². The number of anilines is 1. The first-order chi connectivity index (χ1) is 8.19. The molecule has 0 aliphatic rings. The summed E-state index contributed by atoms with van der Waals surface area (Å²) in [6, 6.07) is 6.11. The van der Waals surface area contributed by atoms with Crippen molar-refractivity contribution in [2.75, 3.05) is 5.48 Å². The van der Waals surface area contributed by atoms with Gasteiger partial charge in [0.15, 0.2) is 0 Å². The van der Waals surface area contributed by atoms with Crippen molar-refractivity contribution in [3.63, 3.8) is 0 Å². The van der Waals surface area contributed by atoms with Gasteiger partial charge in [0.05, 0.1) is 5.69 Å². The van der Waals surface area contributed by atoms with Crippen molar-refractivity contribution >= 4 is 18.3 Å². The van der Waals surface area contributed by atoms with Crippen LogP contribution in [0.3, 0.4) is 0 Å². The summed E-state index contributed by atoms with van der Waals surface area (Å²) in [5.74, 6) is 1.39. The molecule has 96 valence electrons. The van der Waals surface area contributed by atoms with E-state index in [9.17, 15) is 0 Å². The van der Waals surface area contributed by atoms with Crippen LogP contribution in [0.15, 0.2) is 18.2 Å². The maximum atomic E-state index is 8.98. The third kappa shape index (κ3) is 5.00. The lowest BCUT2D eigenvalue weighted by molar-refractivity contribution is 0.388. The smallest absolute Gasteiger partial charge is 0.0607 e. The van der Waals surface area contributed by atoms with E-state index < -0.39 is 0 Å². The molecule has 0 aliphatic heterocycles. The second-order valence-corrected chi connectivity index (χ2v) is 5.08. The molecule has 3 heteroatoms. The van der Waals surface area contributed by atoms with Crippen LogP contribution in [0.2, 0.25) is 0 Å². The number of rotatable bonds is 7. The first-order valence-electron chi connectivity index (χ1n) is 6.33. The van der Waals surface area contributed by atoms with Gasteiger partial charge in [-0.05, 0) is 35.6 Å². The predicted octanol–water partition coefficient (Wildman–Crippen LogP) is 4.29. The van der Waals surface area contributed by atoms with Crippen molar-refractivity contribution < 1.29 is 5.21 Å². The summed E-state index contributed by atoms with van der Waals surface area (Å²) in [5.41, 5.74) is 5.40. The molecule has 0 aromatic heterocycles. The van der Waals surface area contributed by atoms with Crippen LogP contribution >= 0.6 is 12.6 Å². The molecule has 2 nitrogen and oxygen atoms in total. The summed E-state index contributed by atoms with van der Waals surface area (Å²) in [6.07, 6.45) is 4.88. The van der Waals surface area contributed by atoms with Crippen LogP contribution in [0.25, 0.3) is 0 Å². The van der Waals surface area contributed by atoms with Crippen LogP contribution in [0.5, 0.6) is 0 Å². The third-order valence-corrected chi connectivity index (χ3v) is 3.36. The molecule has 0 radical (unpaired) electrons. The van der Waals surface area contributed by atoms with Gasteiger partial charge in [0, 0.05) is 5.75 Å². The fraction of sp³-hybridized carbons (Fsp3) is 0.571. The molecule has 0 saturated carbocycles. The van der Waals surface area contributed by atoms with E-state index in [0.29, 0.717) is 11.7 Å². The average Bonchev–Trinajstić information content (AvgIpc) is 2.35. The zero-order valence-electron chi connectivity index (χ0n) is 10.7. The lowest BCUT2D eigenvalue weighted by Crippen LogP contribution is -2.01. The highest BCUT2D eigenvalue weighted by Gasteiger charge is 2.05. The van der Waals surface area contributed by atoms with E-state index >= 15 is 0 Å². The van der Waals surface area contributed by atoms with Crippen LogP contribution in [-0.4, -0.2) is 5.21 Å². The van der Waals surface area contributed by atoms with Gasteiger partial charge in [0.1, 0.15) is 0 Å². The third-order valence-electron chi connectivity index (χ3n) is 3.00. The minimum atomic E-state index is 0.691. The molecule has 0 heterocycles. The Balaban J connectivity index is 2.68. The van der Waals surface area contributed by atoms with Gasteiger partial charge >= 0.3 is 0 Å². The Labute approximate surface area is 110 Å². The maximum absolute atomic E-state index is 8.98. The van der Waals surface area contributed by atoms with Gasteiger partial charge in [0.25, 0.3) is 0 Å². The number of unbranched alkanes of at least 4 members (excludes halogenated alkanes) is 1. The Bertz CT molecular complexity index is 319. The van der Waals surface area contributed by atoms with Crippen LogP contribution < -0.4 is 5.48 Å². The summed E-state index contributed by atoms with van der Waals surface area (Å²) in [7, 11) is 0. The van der Waals surface area contributed by atoms with Crippen molar-refractivity contribution in [1.29, 1.82) is 0 Å². The maximum Gasteiger partial charge on any atom is 0.0607 e. The Kier molecular flexibility index (Phi) is 6.45. The Morgan fingerprint density at radius 3 is 2.59 bits per heavy atom. The molecule has 1 rings (SSSR count). The molecule has 0 fully saturated rings. The van der Waals surface area contributed by atoms with Gasteiger partial charge in [-0.15, -0.1) is 0 Å². The quantitative estimate of drug-likeness (QED) is 0.500. The van der Waals surface area contributed by atoms with E-state index in [2.05, 4.69) is 38.0 Å². The predicted molar refractivity (Wildman–Crippen MR) is 76.9 cm³/mol. The zero-order valence-corrected chi connectivity index (χ0v) is 11.6. The van der Waals surface area contributed by atoms with Crippen LogP contribution in [0, 0.1) is 5.92 Å². The number of hydrogen-bond acceptors (Lipinski definition) is 3. The molecular formula is C14H23NOS. The van der Waals surface area contributed by atoms with Crippen LogP contribution in [0.1, 0.15) is 44.2 Å². The SMILES string of the molecule is CCCCC(C)Cc1cc(CS)cc(NO)c1. The van der Waals surface area contributed by atoms with E-state index in [0.717, 1.165) is 17.7 Å². The molecule has 1 aromatic carbocycles. The van der Waals surface area contributed by atoms with Crippen molar-refractivity contribution in [3.8, 4) is 0 Å². The fourth-order valence-electron chi connectivity index (χ4n) is 2.09. The van der Waals surface area contributed by atoms with Gasteiger partial charge in [0.2, 0.25) is 0 Å². The highest BCUT2D eigenvalue weighted by Crippen LogP contribution is 2.20. The molecule has 0 amide bonds. The molecule has 0 aliphatic carbocycles. The van der Waals surface area contributed by atoms with Gasteiger partial charge in [-0.2, -0.15) is 12.6 Å². The lowest BCUT2D eigenvalue weighted by Gasteiger charge is -2.13. The van der Waals surface area contributed by atoms with Crippen molar-refractivity contribution in [2.45, 2.75) is 45.3 Å². The molecule has 0 spiro atoms. The van der Waals surface area contributed by atoms with E-state index in [1.807, 2.05) is 12.1 Å². The minimum absolute atomic E-state index is 0.691. The molecule has 1 unspecified atom stereocenters. The first kappa shape index (κ1) is 14.4. The Hall–Kier alpha value is -0.670. The normalized spacial score (nSPS) is 12.5. The fourth-order valence-corrected chi connectivity index (χ4v) is 2.28. The summed E-state index contributed by atoms with van der Waals surface area (Å²) >= 11 is 4.28. The Morgan fingerprint density at radius 2 is 2.00 bits per heavy atom. The van der Waals surface area contributed by atoms with E-state index in [4.69, 9.17) is 5.21 Å². The first-order valence-corrected chi connectivity index (χ1v) is 6.96. The van der Waals surface area contributed by atoms with Crippen LogP contribution in [0.4, 0.5) is 5.69 Å². The summed E-state index contributed by atoms with van der Waals surface area (Å²) < 4.78 is 0. The highest BCUT2D eigenvalue weighted by atomic mass is 32.1. The molecule has 17 heavy (non-hydrogen) atoms. The summed E-state index contributed by atoms with van der Waals surface area (Å²) in [4.78, 5) is 0. The second-order valence-electron chi connectivity index (χ2n) is 4.76. The van der Waals surface area contributed by atoms with Crippen molar-refractivity contribution in [1.82, 2.24) is 0 Å². The molecule has 1 atom stereocenters. The molecule has 0 bridgehead atoms. The topological polar surface area (TPSA) is 32.3 Å². The molecule has 0 saturated heterocycles. The number of nitrogens with one attached hydrogen (secondary N) is 1. The Morgan fingerprint density at radius 1 is 1.29 bits per heavy atom. The summed E-state index contributed by atoms with van der Waals surface area (Å²) in [6.45, 7) is 4.51. The van der Waals surface area contributed by atoms with E-state index in [-0.39, 0.29) is 0 Å². The standard InChI is InChI=1S/C14H23NOS/c1-3-4-5-11(2)6-12-7-13(10-17)9-14(8-12)15-16/h7-9,11,15-17H,3-6,10H2,1-2H3.